The van der Waals surface area contributed by atoms with Gasteiger partial charge in [0.2, 0.25) is 10.0 Å². The van der Waals surface area contributed by atoms with Gasteiger partial charge in [-0.15, -0.1) is 0 Å². The molecule has 0 heterocycles. The molecule has 3 N–H and O–H groups in total. The topological polar surface area (TPSA) is 72.2 Å². The van der Waals surface area contributed by atoms with Gasteiger partial charge in [0, 0.05) is 15.5 Å². The molecule has 0 amide bonds. The monoisotopic (exact) mass is 388 g/mol. The number of nitrogens with two attached hydrogens (primary N) is 1. The standard InChI is InChI=1S/C14H14BrClN2O2S/c1-9(11-4-2-3-5-12(11)15)18-21(19,20)14-7-6-10(16)8-13(14)17/h2-9,18H,17H2,1H3. The van der Waals surface area contributed by atoms with Gasteiger partial charge in [0.15, 0.2) is 0 Å². The summed E-state index contributed by atoms with van der Waals surface area (Å²) in [5, 5.41) is 0.394. The van der Waals surface area contributed by atoms with Gasteiger partial charge in [0.25, 0.3) is 0 Å². The van der Waals surface area contributed by atoms with Gasteiger partial charge in [-0.25, -0.2) is 13.1 Å². The van der Waals surface area contributed by atoms with E-state index in [2.05, 4.69) is 20.7 Å². The number of nitrogens with one attached hydrogen (secondary N) is 1. The predicted octanol–water partition coefficient (Wildman–Crippen LogP) is 3.72. The average molecular weight is 390 g/mol. The Morgan fingerprint density at radius 1 is 1.24 bits per heavy atom. The van der Waals surface area contributed by atoms with Crippen LogP contribution in [0.15, 0.2) is 51.8 Å². The summed E-state index contributed by atoms with van der Waals surface area (Å²) in [6.07, 6.45) is 0. The molecule has 2 aromatic rings. The Bertz CT molecular complexity index is 765. The van der Waals surface area contributed by atoms with Crippen LogP contribution < -0.4 is 10.5 Å². The summed E-state index contributed by atoms with van der Waals surface area (Å²) >= 11 is 9.20. The van der Waals surface area contributed by atoms with Crippen molar-refractivity contribution in [2.45, 2.75) is 17.9 Å². The van der Waals surface area contributed by atoms with Crippen LogP contribution in [0.5, 0.6) is 0 Å². The maximum atomic E-state index is 12.4. The van der Waals surface area contributed by atoms with E-state index in [1.165, 1.54) is 18.2 Å². The molecule has 0 aliphatic heterocycles. The zero-order valence-corrected chi connectivity index (χ0v) is 14.3. The quantitative estimate of drug-likeness (QED) is 0.783. The Labute approximate surface area is 137 Å². The number of hydrogen-bond acceptors (Lipinski definition) is 3. The van der Waals surface area contributed by atoms with Crippen molar-refractivity contribution < 1.29 is 8.42 Å². The molecule has 0 radical (unpaired) electrons. The molecule has 1 unspecified atom stereocenters. The van der Waals surface area contributed by atoms with Crippen LogP contribution in [0.3, 0.4) is 0 Å². The van der Waals surface area contributed by atoms with Gasteiger partial charge in [-0.3, -0.25) is 0 Å². The number of benzene rings is 2. The van der Waals surface area contributed by atoms with Crippen molar-refractivity contribution in [2.75, 3.05) is 5.73 Å². The number of halogens is 2. The molecule has 112 valence electrons. The number of sulfonamides is 1. The maximum Gasteiger partial charge on any atom is 0.243 e. The Balaban J connectivity index is 2.31. The van der Waals surface area contributed by atoms with Gasteiger partial charge >= 0.3 is 0 Å². The molecule has 1 atom stereocenters. The summed E-state index contributed by atoms with van der Waals surface area (Å²) in [4.78, 5) is 0.0193. The highest BCUT2D eigenvalue weighted by molar-refractivity contribution is 9.10. The van der Waals surface area contributed by atoms with E-state index >= 15 is 0 Å². The molecular formula is C14H14BrClN2O2S. The van der Waals surface area contributed by atoms with Crippen LogP contribution >= 0.6 is 27.5 Å². The molecule has 0 aromatic heterocycles. The Hall–Kier alpha value is -1.08. The minimum atomic E-state index is -3.73. The van der Waals surface area contributed by atoms with Crippen LogP contribution in [0.25, 0.3) is 0 Å². The zero-order chi connectivity index (χ0) is 15.6. The van der Waals surface area contributed by atoms with Gasteiger partial charge in [0.05, 0.1) is 5.69 Å². The predicted molar refractivity (Wildman–Crippen MR) is 88.7 cm³/mol. The van der Waals surface area contributed by atoms with Crippen LogP contribution in [0.1, 0.15) is 18.5 Å². The molecule has 0 saturated heterocycles. The van der Waals surface area contributed by atoms with Crippen molar-refractivity contribution in [3.8, 4) is 0 Å². The van der Waals surface area contributed by atoms with Crippen molar-refractivity contribution in [1.29, 1.82) is 0 Å². The van der Waals surface area contributed by atoms with Crippen LogP contribution in [0, 0.1) is 0 Å². The normalized spacial score (nSPS) is 13.1. The number of hydrogen-bond donors (Lipinski definition) is 2. The first-order valence-electron chi connectivity index (χ1n) is 6.13. The lowest BCUT2D eigenvalue weighted by atomic mass is 10.1. The summed E-state index contributed by atoms with van der Waals surface area (Å²) in [6.45, 7) is 1.77. The second-order valence-electron chi connectivity index (χ2n) is 4.55. The van der Waals surface area contributed by atoms with Crippen molar-refractivity contribution in [3.63, 3.8) is 0 Å². The van der Waals surface area contributed by atoms with Gasteiger partial charge in [-0.05, 0) is 36.8 Å². The molecule has 4 nitrogen and oxygen atoms in total. The van der Waals surface area contributed by atoms with Crippen molar-refractivity contribution in [2.24, 2.45) is 0 Å². The van der Waals surface area contributed by atoms with Gasteiger partial charge in [-0.2, -0.15) is 0 Å². The zero-order valence-electron chi connectivity index (χ0n) is 11.2. The third-order valence-electron chi connectivity index (χ3n) is 2.97. The third kappa shape index (κ3) is 3.77. The first kappa shape index (κ1) is 16.3. The van der Waals surface area contributed by atoms with Gasteiger partial charge in [0.1, 0.15) is 4.90 Å². The lowest BCUT2D eigenvalue weighted by Gasteiger charge is -2.17. The largest absolute Gasteiger partial charge is 0.398 e. The highest BCUT2D eigenvalue weighted by atomic mass is 79.9. The lowest BCUT2D eigenvalue weighted by molar-refractivity contribution is 0.567. The fourth-order valence-corrected chi connectivity index (χ4v) is 4.09. The van der Waals surface area contributed by atoms with E-state index in [-0.39, 0.29) is 10.6 Å². The van der Waals surface area contributed by atoms with E-state index in [1.54, 1.807) is 6.92 Å². The molecule has 7 heteroatoms. The van der Waals surface area contributed by atoms with E-state index in [9.17, 15) is 8.42 Å². The van der Waals surface area contributed by atoms with Crippen molar-refractivity contribution in [3.05, 3.63) is 57.5 Å². The number of anilines is 1. The van der Waals surface area contributed by atoms with Crippen molar-refractivity contribution >= 4 is 43.2 Å². The van der Waals surface area contributed by atoms with Crippen LogP contribution in [0.4, 0.5) is 5.69 Å². The number of nitrogen functional groups attached to an aromatic ring is 1. The summed E-state index contributed by atoms with van der Waals surface area (Å²) in [5.74, 6) is 0. The molecule has 0 saturated carbocycles. The summed E-state index contributed by atoms with van der Waals surface area (Å²) in [6, 6.07) is 11.3. The van der Waals surface area contributed by atoms with Crippen molar-refractivity contribution in [1.82, 2.24) is 4.72 Å². The maximum absolute atomic E-state index is 12.4. The van der Waals surface area contributed by atoms with E-state index in [0.717, 1.165) is 10.0 Å². The first-order valence-corrected chi connectivity index (χ1v) is 8.78. The smallest absolute Gasteiger partial charge is 0.243 e. The molecule has 0 bridgehead atoms. The SMILES string of the molecule is CC(NS(=O)(=O)c1ccc(Cl)cc1N)c1ccccc1Br. The van der Waals surface area contributed by atoms with E-state index in [1.807, 2.05) is 24.3 Å². The Morgan fingerprint density at radius 2 is 1.90 bits per heavy atom. The summed E-state index contributed by atoms with van der Waals surface area (Å²) in [7, 11) is -3.73. The molecule has 2 aromatic carbocycles. The van der Waals surface area contributed by atoms with Gasteiger partial charge < -0.3 is 5.73 Å². The second-order valence-corrected chi connectivity index (χ2v) is 7.52. The Kier molecular flexibility index (Phi) is 4.93. The number of rotatable bonds is 4. The van der Waals surface area contributed by atoms with Crippen LogP contribution in [-0.4, -0.2) is 8.42 Å². The molecule has 2 rings (SSSR count). The van der Waals surface area contributed by atoms with Gasteiger partial charge in [-0.1, -0.05) is 45.7 Å². The van der Waals surface area contributed by atoms with Crippen LogP contribution in [0.2, 0.25) is 5.02 Å². The van der Waals surface area contributed by atoms with Crippen LogP contribution in [-0.2, 0) is 10.0 Å². The van der Waals surface area contributed by atoms with E-state index in [0.29, 0.717) is 5.02 Å². The summed E-state index contributed by atoms with van der Waals surface area (Å²) < 4.78 is 28.3. The molecule has 0 fully saturated rings. The minimum absolute atomic E-state index is 0.0193. The molecular weight excluding hydrogens is 376 g/mol. The third-order valence-corrected chi connectivity index (χ3v) is 5.54. The average Bonchev–Trinajstić information content (AvgIpc) is 2.37. The first-order chi connectivity index (χ1) is 9.81. The minimum Gasteiger partial charge on any atom is -0.398 e. The van der Waals surface area contributed by atoms with E-state index < -0.39 is 16.1 Å². The Morgan fingerprint density at radius 3 is 2.52 bits per heavy atom. The molecule has 21 heavy (non-hydrogen) atoms. The summed E-state index contributed by atoms with van der Waals surface area (Å²) in [5.41, 5.74) is 6.70. The second kappa shape index (κ2) is 6.36. The molecule has 0 aliphatic rings. The highest BCUT2D eigenvalue weighted by Crippen LogP contribution is 2.27. The fourth-order valence-electron chi connectivity index (χ4n) is 1.95. The fraction of sp³-hybridized carbons (Fsp3) is 0.143. The molecule has 0 spiro atoms. The molecule has 0 aliphatic carbocycles. The highest BCUT2D eigenvalue weighted by Gasteiger charge is 2.21. The lowest BCUT2D eigenvalue weighted by Crippen LogP contribution is -2.27. The van der Waals surface area contributed by atoms with E-state index in [4.69, 9.17) is 17.3 Å².